The average Bonchev–Trinajstić information content (AvgIpc) is 2.55. The van der Waals surface area contributed by atoms with Crippen molar-refractivity contribution in [2.24, 2.45) is 0 Å². The third-order valence-corrected chi connectivity index (χ3v) is 3.37. The Bertz CT molecular complexity index is 391. The predicted molar refractivity (Wildman–Crippen MR) is 68.4 cm³/mol. The molecule has 1 aliphatic heterocycles. The molecule has 2 rings (SSSR count). The first-order valence-electron chi connectivity index (χ1n) is 6.32. The summed E-state index contributed by atoms with van der Waals surface area (Å²) in [5.41, 5.74) is 4.31. The SMILES string of the molecule is CC1Cc2c(cc(C(C)C)cc2C(C)C)O1. The molecule has 0 fully saturated rings. The van der Waals surface area contributed by atoms with Crippen LogP contribution in [0, 0.1) is 0 Å². The molecule has 1 aromatic carbocycles. The second-order valence-corrected chi connectivity index (χ2v) is 5.53. The Morgan fingerprint density at radius 2 is 1.81 bits per heavy atom. The molecule has 0 spiro atoms. The van der Waals surface area contributed by atoms with Crippen molar-refractivity contribution in [3.8, 4) is 5.75 Å². The van der Waals surface area contributed by atoms with Crippen LogP contribution in [0.3, 0.4) is 0 Å². The van der Waals surface area contributed by atoms with Crippen molar-refractivity contribution >= 4 is 0 Å². The number of rotatable bonds is 2. The van der Waals surface area contributed by atoms with Crippen molar-refractivity contribution in [1.82, 2.24) is 0 Å². The summed E-state index contributed by atoms with van der Waals surface area (Å²) in [6, 6.07) is 4.60. The molecule has 0 saturated heterocycles. The van der Waals surface area contributed by atoms with E-state index in [-0.39, 0.29) is 0 Å². The minimum Gasteiger partial charge on any atom is -0.490 e. The van der Waals surface area contributed by atoms with Crippen molar-refractivity contribution in [3.63, 3.8) is 0 Å². The van der Waals surface area contributed by atoms with E-state index in [1.807, 2.05) is 0 Å². The molecule has 1 aliphatic rings. The molecule has 1 heterocycles. The van der Waals surface area contributed by atoms with E-state index in [2.05, 4.69) is 46.8 Å². The van der Waals surface area contributed by atoms with Crippen LogP contribution in [0.1, 0.15) is 63.1 Å². The molecule has 0 radical (unpaired) electrons. The molecule has 0 saturated carbocycles. The molecule has 1 atom stereocenters. The van der Waals surface area contributed by atoms with Crippen molar-refractivity contribution in [2.75, 3.05) is 0 Å². The Kier molecular flexibility index (Phi) is 2.96. The molecule has 16 heavy (non-hydrogen) atoms. The van der Waals surface area contributed by atoms with Crippen molar-refractivity contribution in [2.45, 2.75) is 59.0 Å². The largest absolute Gasteiger partial charge is 0.490 e. The molecule has 88 valence electrons. The van der Waals surface area contributed by atoms with Gasteiger partial charge in [-0.25, -0.2) is 0 Å². The van der Waals surface area contributed by atoms with Crippen LogP contribution in [-0.2, 0) is 6.42 Å². The number of hydrogen-bond acceptors (Lipinski definition) is 1. The number of benzene rings is 1. The number of ether oxygens (including phenoxy) is 1. The first kappa shape index (κ1) is 11.5. The molecule has 1 heteroatoms. The van der Waals surface area contributed by atoms with Crippen LogP contribution < -0.4 is 4.74 Å². The summed E-state index contributed by atoms with van der Waals surface area (Å²) in [5.74, 6) is 2.28. The highest BCUT2D eigenvalue weighted by Gasteiger charge is 2.24. The second kappa shape index (κ2) is 4.12. The molecule has 1 unspecified atom stereocenters. The summed E-state index contributed by atoms with van der Waals surface area (Å²) in [4.78, 5) is 0. The van der Waals surface area contributed by atoms with Gasteiger partial charge in [0.25, 0.3) is 0 Å². The van der Waals surface area contributed by atoms with Crippen LogP contribution >= 0.6 is 0 Å². The van der Waals surface area contributed by atoms with E-state index < -0.39 is 0 Å². The smallest absolute Gasteiger partial charge is 0.123 e. The molecular formula is C15H22O. The third kappa shape index (κ3) is 1.95. The van der Waals surface area contributed by atoms with E-state index in [0.717, 1.165) is 12.2 Å². The zero-order valence-electron chi connectivity index (χ0n) is 11.0. The lowest BCUT2D eigenvalue weighted by atomic mass is 9.90. The topological polar surface area (TPSA) is 9.23 Å². The van der Waals surface area contributed by atoms with Crippen molar-refractivity contribution < 1.29 is 4.74 Å². The molecule has 0 N–H and O–H groups in total. The molecule has 0 aliphatic carbocycles. The van der Waals surface area contributed by atoms with E-state index >= 15 is 0 Å². The first-order chi connectivity index (χ1) is 7.49. The quantitative estimate of drug-likeness (QED) is 0.720. The predicted octanol–water partition coefficient (Wildman–Crippen LogP) is 4.26. The Hall–Kier alpha value is -0.980. The van der Waals surface area contributed by atoms with Gasteiger partial charge in [0, 0.05) is 12.0 Å². The van der Waals surface area contributed by atoms with Gasteiger partial charge in [0.15, 0.2) is 0 Å². The Balaban J connectivity index is 2.51. The zero-order valence-corrected chi connectivity index (χ0v) is 11.0. The monoisotopic (exact) mass is 218 g/mol. The van der Waals surface area contributed by atoms with E-state index in [9.17, 15) is 0 Å². The highest BCUT2D eigenvalue weighted by atomic mass is 16.5. The van der Waals surface area contributed by atoms with Crippen LogP contribution in [0.4, 0.5) is 0 Å². The molecule has 0 amide bonds. The van der Waals surface area contributed by atoms with E-state index in [4.69, 9.17) is 4.74 Å². The molecule has 0 bridgehead atoms. The van der Waals surface area contributed by atoms with Crippen LogP contribution in [0.5, 0.6) is 5.75 Å². The molecule has 1 aromatic rings. The number of fused-ring (bicyclic) bond motifs is 1. The fourth-order valence-corrected chi connectivity index (χ4v) is 2.41. The van der Waals surface area contributed by atoms with Gasteiger partial charge >= 0.3 is 0 Å². The lowest BCUT2D eigenvalue weighted by Gasteiger charge is -2.15. The third-order valence-electron chi connectivity index (χ3n) is 3.37. The fourth-order valence-electron chi connectivity index (χ4n) is 2.41. The minimum atomic E-state index is 0.343. The fraction of sp³-hybridized carbons (Fsp3) is 0.600. The van der Waals surface area contributed by atoms with Gasteiger partial charge in [-0.1, -0.05) is 33.8 Å². The van der Waals surface area contributed by atoms with Gasteiger partial charge in [0.2, 0.25) is 0 Å². The number of hydrogen-bond donors (Lipinski definition) is 0. The van der Waals surface area contributed by atoms with Crippen LogP contribution in [-0.4, -0.2) is 6.10 Å². The Morgan fingerprint density at radius 1 is 1.12 bits per heavy atom. The van der Waals surface area contributed by atoms with E-state index in [1.165, 1.54) is 16.7 Å². The molecule has 1 nitrogen and oxygen atoms in total. The maximum absolute atomic E-state index is 5.89. The van der Waals surface area contributed by atoms with Gasteiger partial charge in [0.1, 0.15) is 11.9 Å². The van der Waals surface area contributed by atoms with Crippen LogP contribution in [0.15, 0.2) is 12.1 Å². The maximum atomic E-state index is 5.89. The van der Waals surface area contributed by atoms with Gasteiger partial charge in [-0.15, -0.1) is 0 Å². The molecular weight excluding hydrogens is 196 g/mol. The summed E-state index contributed by atoms with van der Waals surface area (Å²) in [5, 5.41) is 0. The van der Waals surface area contributed by atoms with E-state index in [1.54, 1.807) is 0 Å². The second-order valence-electron chi connectivity index (χ2n) is 5.53. The van der Waals surface area contributed by atoms with Gasteiger partial charge in [-0.2, -0.15) is 0 Å². The maximum Gasteiger partial charge on any atom is 0.123 e. The zero-order chi connectivity index (χ0) is 11.9. The van der Waals surface area contributed by atoms with Gasteiger partial charge < -0.3 is 4.74 Å². The minimum absolute atomic E-state index is 0.343. The van der Waals surface area contributed by atoms with Crippen LogP contribution in [0.2, 0.25) is 0 Å². The summed E-state index contributed by atoms with van der Waals surface area (Å²) in [6.07, 6.45) is 1.41. The normalized spacial score (nSPS) is 19.1. The summed E-state index contributed by atoms with van der Waals surface area (Å²) in [7, 11) is 0. The summed E-state index contributed by atoms with van der Waals surface area (Å²) >= 11 is 0. The average molecular weight is 218 g/mol. The van der Waals surface area contributed by atoms with Crippen molar-refractivity contribution in [3.05, 3.63) is 28.8 Å². The lowest BCUT2D eigenvalue weighted by molar-refractivity contribution is 0.254. The van der Waals surface area contributed by atoms with Crippen molar-refractivity contribution in [1.29, 1.82) is 0 Å². The molecule has 0 aromatic heterocycles. The van der Waals surface area contributed by atoms with Crippen LogP contribution in [0.25, 0.3) is 0 Å². The Labute approximate surface area is 98.8 Å². The van der Waals surface area contributed by atoms with Gasteiger partial charge in [-0.05, 0) is 36.0 Å². The highest BCUT2D eigenvalue weighted by Crippen LogP contribution is 2.37. The highest BCUT2D eigenvalue weighted by molar-refractivity contribution is 5.48. The lowest BCUT2D eigenvalue weighted by Crippen LogP contribution is -2.05. The first-order valence-corrected chi connectivity index (χ1v) is 6.32. The standard InChI is InChI=1S/C15H22O/c1-9(2)12-7-13(10(3)4)14-6-11(5)16-15(14)8-12/h7-11H,6H2,1-5H3. The summed E-state index contributed by atoms with van der Waals surface area (Å²) < 4.78 is 5.89. The van der Waals surface area contributed by atoms with Gasteiger partial charge in [-0.3, -0.25) is 0 Å². The van der Waals surface area contributed by atoms with Gasteiger partial charge in [0.05, 0.1) is 0 Å². The summed E-state index contributed by atoms with van der Waals surface area (Å²) in [6.45, 7) is 11.2. The van der Waals surface area contributed by atoms with E-state index in [0.29, 0.717) is 17.9 Å². The Morgan fingerprint density at radius 3 is 2.38 bits per heavy atom.